The standard InChI is InChI=1S/C19H20N8O2S/c1-26-18(23-24-25-26)27-15-8-4-3-7-14(15)21-19(27)29-12-13-6-5-9-16(20-13)22-17(28)10-11-30-2/h3-9H,10-12H2,1-2H3,(H,20,22,28). The fraction of sp³-hybridized carbons (Fsp3) is 0.263. The Kier molecular flexibility index (Phi) is 5.89. The van der Waals surface area contributed by atoms with Crippen LogP contribution in [0.5, 0.6) is 6.01 Å². The first-order chi connectivity index (χ1) is 14.7. The van der Waals surface area contributed by atoms with Crippen LogP contribution < -0.4 is 10.1 Å². The number of aromatic nitrogens is 7. The quantitative estimate of drug-likeness (QED) is 0.458. The second-order valence-electron chi connectivity index (χ2n) is 6.41. The minimum atomic E-state index is -0.0634. The summed E-state index contributed by atoms with van der Waals surface area (Å²) >= 11 is 1.63. The fourth-order valence-corrected chi connectivity index (χ4v) is 3.27. The first kappa shape index (κ1) is 19.8. The van der Waals surface area contributed by atoms with E-state index < -0.39 is 0 Å². The van der Waals surface area contributed by atoms with Crippen molar-refractivity contribution in [3.63, 3.8) is 0 Å². The van der Waals surface area contributed by atoms with Crippen LogP contribution in [-0.4, -0.2) is 52.7 Å². The molecular formula is C19H20N8O2S. The molecule has 1 N–H and O–H groups in total. The summed E-state index contributed by atoms with van der Waals surface area (Å²) in [6.45, 7) is 0.170. The number of benzene rings is 1. The van der Waals surface area contributed by atoms with Gasteiger partial charge in [0.05, 0.1) is 16.7 Å². The zero-order chi connectivity index (χ0) is 20.9. The zero-order valence-corrected chi connectivity index (χ0v) is 17.3. The molecule has 0 spiro atoms. The van der Waals surface area contributed by atoms with Gasteiger partial charge in [-0.15, -0.1) is 0 Å². The molecule has 0 bridgehead atoms. The van der Waals surface area contributed by atoms with Gasteiger partial charge in [0.1, 0.15) is 12.4 Å². The Balaban J connectivity index is 1.55. The Morgan fingerprint density at radius 2 is 2.03 bits per heavy atom. The number of imidazole rings is 1. The monoisotopic (exact) mass is 424 g/mol. The third-order valence-electron chi connectivity index (χ3n) is 4.28. The number of pyridine rings is 1. The molecular weight excluding hydrogens is 404 g/mol. The summed E-state index contributed by atoms with van der Waals surface area (Å²) in [5.41, 5.74) is 2.25. The summed E-state index contributed by atoms with van der Waals surface area (Å²) in [4.78, 5) is 21.0. The van der Waals surface area contributed by atoms with Crippen molar-refractivity contribution >= 4 is 34.5 Å². The van der Waals surface area contributed by atoms with Gasteiger partial charge in [0.15, 0.2) is 0 Å². The van der Waals surface area contributed by atoms with E-state index in [2.05, 4.69) is 30.8 Å². The van der Waals surface area contributed by atoms with Crippen molar-refractivity contribution in [1.82, 2.24) is 34.7 Å². The van der Waals surface area contributed by atoms with E-state index in [4.69, 9.17) is 4.74 Å². The van der Waals surface area contributed by atoms with Crippen LogP contribution in [0, 0.1) is 0 Å². The third kappa shape index (κ3) is 4.25. The second kappa shape index (κ2) is 8.91. The number of nitrogens with zero attached hydrogens (tertiary/aromatic N) is 7. The Morgan fingerprint density at radius 1 is 1.17 bits per heavy atom. The predicted octanol–water partition coefficient (Wildman–Crippen LogP) is 2.21. The lowest BCUT2D eigenvalue weighted by Gasteiger charge is -2.09. The van der Waals surface area contributed by atoms with Crippen LogP contribution in [-0.2, 0) is 18.4 Å². The number of amides is 1. The van der Waals surface area contributed by atoms with E-state index in [0.717, 1.165) is 16.8 Å². The maximum absolute atomic E-state index is 11.9. The van der Waals surface area contributed by atoms with E-state index in [-0.39, 0.29) is 12.5 Å². The van der Waals surface area contributed by atoms with Crippen LogP contribution in [0.25, 0.3) is 17.0 Å². The molecule has 0 radical (unpaired) electrons. The normalized spacial score (nSPS) is 11.0. The van der Waals surface area contributed by atoms with Crippen LogP contribution >= 0.6 is 11.8 Å². The Hall–Kier alpha value is -3.47. The molecule has 1 amide bonds. The van der Waals surface area contributed by atoms with Crippen molar-refractivity contribution in [2.45, 2.75) is 13.0 Å². The van der Waals surface area contributed by atoms with Crippen LogP contribution in [0.4, 0.5) is 5.82 Å². The minimum absolute atomic E-state index is 0.0634. The first-order valence-corrected chi connectivity index (χ1v) is 10.6. The summed E-state index contributed by atoms with van der Waals surface area (Å²) in [6.07, 6.45) is 2.41. The fourth-order valence-electron chi connectivity index (χ4n) is 2.88. The molecule has 0 fully saturated rings. The number of hydrogen-bond acceptors (Lipinski definition) is 8. The van der Waals surface area contributed by atoms with Crippen LogP contribution in [0.2, 0.25) is 0 Å². The second-order valence-corrected chi connectivity index (χ2v) is 7.40. The molecule has 154 valence electrons. The number of ether oxygens (including phenoxy) is 1. The van der Waals surface area contributed by atoms with Crippen molar-refractivity contribution < 1.29 is 9.53 Å². The number of tetrazole rings is 1. The van der Waals surface area contributed by atoms with Gasteiger partial charge in [0.2, 0.25) is 5.91 Å². The third-order valence-corrected chi connectivity index (χ3v) is 4.90. The first-order valence-electron chi connectivity index (χ1n) is 9.23. The maximum Gasteiger partial charge on any atom is 0.305 e. The molecule has 0 unspecified atom stereocenters. The smallest absolute Gasteiger partial charge is 0.305 e. The molecule has 0 atom stereocenters. The van der Waals surface area contributed by atoms with Gasteiger partial charge in [0, 0.05) is 19.2 Å². The topological polar surface area (TPSA) is 113 Å². The van der Waals surface area contributed by atoms with E-state index in [1.165, 1.54) is 0 Å². The highest BCUT2D eigenvalue weighted by molar-refractivity contribution is 7.98. The van der Waals surface area contributed by atoms with Gasteiger partial charge >= 0.3 is 6.01 Å². The summed E-state index contributed by atoms with van der Waals surface area (Å²) in [7, 11) is 1.75. The molecule has 10 nitrogen and oxygen atoms in total. The van der Waals surface area contributed by atoms with Crippen molar-refractivity contribution in [2.75, 3.05) is 17.3 Å². The molecule has 3 heterocycles. The van der Waals surface area contributed by atoms with Crippen molar-refractivity contribution in [3.8, 4) is 12.0 Å². The van der Waals surface area contributed by atoms with Gasteiger partial charge in [-0.2, -0.15) is 16.7 Å². The minimum Gasteiger partial charge on any atom is -0.458 e. The van der Waals surface area contributed by atoms with E-state index in [9.17, 15) is 4.79 Å². The molecule has 4 aromatic rings. The van der Waals surface area contributed by atoms with Gasteiger partial charge in [0.25, 0.3) is 5.95 Å². The number of thioether (sulfide) groups is 1. The lowest BCUT2D eigenvalue weighted by molar-refractivity contribution is -0.115. The Morgan fingerprint density at radius 3 is 2.83 bits per heavy atom. The van der Waals surface area contributed by atoms with E-state index in [0.29, 0.717) is 29.9 Å². The highest BCUT2D eigenvalue weighted by Crippen LogP contribution is 2.25. The number of hydrogen-bond donors (Lipinski definition) is 1. The molecule has 0 saturated heterocycles. The van der Waals surface area contributed by atoms with Crippen LogP contribution in [0.15, 0.2) is 42.5 Å². The number of anilines is 1. The number of carbonyl (C=O) groups is 1. The number of nitrogens with one attached hydrogen (secondary N) is 1. The maximum atomic E-state index is 11.9. The molecule has 0 saturated carbocycles. The zero-order valence-electron chi connectivity index (χ0n) is 16.5. The van der Waals surface area contributed by atoms with Crippen molar-refractivity contribution in [2.24, 2.45) is 7.05 Å². The van der Waals surface area contributed by atoms with Gasteiger partial charge in [-0.05, 0) is 40.9 Å². The number of rotatable bonds is 8. The van der Waals surface area contributed by atoms with Crippen LogP contribution in [0.3, 0.4) is 0 Å². The molecule has 3 aromatic heterocycles. The number of fused-ring (bicyclic) bond motifs is 1. The van der Waals surface area contributed by atoms with E-state index in [1.807, 2.05) is 42.7 Å². The van der Waals surface area contributed by atoms with E-state index in [1.54, 1.807) is 34.1 Å². The molecule has 4 rings (SSSR count). The van der Waals surface area contributed by atoms with Crippen molar-refractivity contribution in [1.29, 1.82) is 0 Å². The van der Waals surface area contributed by atoms with Gasteiger partial charge in [-0.1, -0.05) is 23.3 Å². The van der Waals surface area contributed by atoms with Gasteiger partial charge in [-0.3, -0.25) is 4.79 Å². The lowest BCUT2D eigenvalue weighted by Crippen LogP contribution is -2.14. The summed E-state index contributed by atoms with van der Waals surface area (Å²) in [6, 6.07) is 13.4. The molecule has 1 aromatic carbocycles. The van der Waals surface area contributed by atoms with Crippen LogP contribution in [0.1, 0.15) is 12.1 Å². The van der Waals surface area contributed by atoms with Gasteiger partial charge in [-0.25, -0.2) is 14.2 Å². The van der Waals surface area contributed by atoms with Gasteiger partial charge < -0.3 is 10.1 Å². The Labute approximate surface area is 176 Å². The largest absolute Gasteiger partial charge is 0.458 e. The highest BCUT2D eigenvalue weighted by atomic mass is 32.2. The van der Waals surface area contributed by atoms with Crippen molar-refractivity contribution in [3.05, 3.63) is 48.2 Å². The molecule has 0 aliphatic heterocycles. The molecule has 0 aliphatic carbocycles. The molecule has 30 heavy (non-hydrogen) atoms. The predicted molar refractivity (Wildman–Crippen MR) is 114 cm³/mol. The Bertz CT molecular complexity index is 1170. The summed E-state index contributed by atoms with van der Waals surface area (Å²) in [5.74, 6) is 1.68. The lowest BCUT2D eigenvalue weighted by atomic mass is 10.3. The van der Waals surface area contributed by atoms with E-state index >= 15 is 0 Å². The SMILES string of the molecule is CSCCC(=O)Nc1cccc(COc2nc3ccccc3n2-c2nnnn2C)n1. The number of carbonyl (C=O) groups excluding carboxylic acids is 1. The summed E-state index contributed by atoms with van der Waals surface area (Å²) in [5, 5.41) is 14.5. The number of para-hydroxylation sites is 2. The highest BCUT2D eigenvalue weighted by Gasteiger charge is 2.18. The average molecular weight is 424 g/mol. The molecule has 0 aliphatic rings. The molecule has 11 heteroatoms. The number of aryl methyl sites for hydroxylation is 1. The average Bonchev–Trinajstić information content (AvgIpc) is 3.33. The summed E-state index contributed by atoms with van der Waals surface area (Å²) < 4.78 is 9.28.